The van der Waals surface area contributed by atoms with Gasteiger partial charge in [0.1, 0.15) is 0 Å². The van der Waals surface area contributed by atoms with Gasteiger partial charge in [0.2, 0.25) is 0 Å². The van der Waals surface area contributed by atoms with Crippen molar-refractivity contribution in [2.24, 2.45) is 11.8 Å². The van der Waals surface area contributed by atoms with E-state index in [1.165, 1.54) is 25.7 Å². The molecule has 68 valence electrons. The van der Waals surface area contributed by atoms with E-state index in [9.17, 15) is 4.79 Å². The van der Waals surface area contributed by atoms with Crippen LogP contribution in [0.15, 0.2) is 0 Å². The molecule has 0 saturated heterocycles. The van der Waals surface area contributed by atoms with Crippen molar-refractivity contribution >= 4 is 6.03 Å². The van der Waals surface area contributed by atoms with Crippen molar-refractivity contribution in [1.29, 1.82) is 0 Å². The molecule has 12 heavy (non-hydrogen) atoms. The van der Waals surface area contributed by atoms with Gasteiger partial charge in [0.05, 0.1) is 0 Å². The molecular weight excluding hydrogens is 152 g/mol. The summed E-state index contributed by atoms with van der Waals surface area (Å²) in [4.78, 5) is 11.0. The molecule has 0 aromatic rings. The van der Waals surface area contributed by atoms with Crippen molar-refractivity contribution in [3.05, 3.63) is 0 Å². The van der Waals surface area contributed by atoms with Gasteiger partial charge in [-0.25, -0.2) is 4.79 Å². The van der Waals surface area contributed by atoms with E-state index in [0.717, 1.165) is 11.8 Å². The van der Waals surface area contributed by atoms with Crippen molar-refractivity contribution < 1.29 is 4.79 Å². The van der Waals surface area contributed by atoms with Gasteiger partial charge in [0.25, 0.3) is 0 Å². The summed E-state index contributed by atoms with van der Waals surface area (Å²) in [6, 6.07) is 0.447. The van der Waals surface area contributed by atoms with Crippen LogP contribution in [0.3, 0.4) is 0 Å². The molecule has 2 fully saturated rings. The van der Waals surface area contributed by atoms with Crippen LogP contribution in [0.2, 0.25) is 0 Å². The first kappa shape index (κ1) is 7.90. The highest BCUT2D eigenvalue weighted by Gasteiger charge is 2.42. The third-order valence-corrected chi connectivity index (χ3v) is 3.10. The lowest BCUT2D eigenvalue weighted by atomic mass is 9.76. The van der Waals surface area contributed by atoms with E-state index in [-0.39, 0.29) is 6.03 Å². The quantitative estimate of drug-likeness (QED) is 0.637. The Morgan fingerprint density at radius 3 is 2.42 bits per heavy atom. The van der Waals surface area contributed by atoms with Crippen LogP contribution in [0.4, 0.5) is 4.79 Å². The summed E-state index contributed by atoms with van der Waals surface area (Å²) in [6.07, 6.45) is 5.26. The Balaban J connectivity index is 1.77. The SMILES string of the molecule is CNC(=O)NC1CCC1C1CC1. The van der Waals surface area contributed by atoms with Crippen LogP contribution >= 0.6 is 0 Å². The van der Waals surface area contributed by atoms with Crippen molar-refractivity contribution in [1.82, 2.24) is 10.6 Å². The molecule has 2 N–H and O–H groups in total. The average molecular weight is 168 g/mol. The van der Waals surface area contributed by atoms with Crippen LogP contribution in [0.5, 0.6) is 0 Å². The Morgan fingerprint density at radius 1 is 1.25 bits per heavy atom. The molecule has 0 aromatic carbocycles. The first-order valence-corrected chi connectivity index (χ1v) is 4.79. The molecule has 2 rings (SSSR count). The van der Waals surface area contributed by atoms with Gasteiger partial charge in [-0.05, 0) is 37.5 Å². The molecule has 2 aliphatic rings. The van der Waals surface area contributed by atoms with Crippen LogP contribution in [-0.4, -0.2) is 19.1 Å². The molecule has 0 aromatic heterocycles. The summed E-state index contributed by atoms with van der Waals surface area (Å²) in [5, 5.41) is 5.58. The van der Waals surface area contributed by atoms with E-state index in [1.807, 2.05) is 0 Å². The zero-order valence-corrected chi connectivity index (χ0v) is 7.47. The predicted octanol–water partition coefficient (Wildman–Crippen LogP) is 1.10. The second-order valence-corrected chi connectivity index (χ2v) is 3.91. The van der Waals surface area contributed by atoms with Crippen LogP contribution in [-0.2, 0) is 0 Å². The second kappa shape index (κ2) is 2.96. The normalized spacial score (nSPS) is 33.8. The van der Waals surface area contributed by atoms with Gasteiger partial charge >= 0.3 is 6.03 Å². The molecule has 2 aliphatic carbocycles. The van der Waals surface area contributed by atoms with Crippen molar-refractivity contribution in [3.63, 3.8) is 0 Å². The lowest BCUT2D eigenvalue weighted by Gasteiger charge is -2.37. The Labute approximate surface area is 72.9 Å². The molecule has 2 atom stereocenters. The number of hydrogen-bond donors (Lipinski definition) is 2. The summed E-state index contributed by atoms with van der Waals surface area (Å²) in [5.41, 5.74) is 0. The Bertz CT molecular complexity index is 189. The van der Waals surface area contributed by atoms with Crippen LogP contribution < -0.4 is 10.6 Å². The van der Waals surface area contributed by atoms with Crippen LogP contribution in [0, 0.1) is 11.8 Å². The minimum absolute atomic E-state index is 0.0228. The fraction of sp³-hybridized carbons (Fsp3) is 0.889. The van der Waals surface area contributed by atoms with Gasteiger partial charge in [0, 0.05) is 13.1 Å². The van der Waals surface area contributed by atoms with Gasteiger partial charge in [-0.1, -0.05) is 0 Å². The summed E-state index contributed by atoms with van der Waals surface area (Å²) < 4.78 is 0. The monoisotopic (exact) mass is 168 g/mol. The topological polar surface area (TPSA) is 41.1 Å². The third-order valence-electron chi connectivity index (χ3n) is 3.10. The molecule has 0 radical (unpaired) electrons. The Hall–Kier alpha value is -0.730. The minimum Gasteiger partial charge on any atom is -0.341 e. The summed E-state index contributed by atoms with van der Waals surface area (Å²) in [7, 11) is 1.67. The van der Waals surface area contributed by atoms with Gasteiger partial charge < -0.3 is 10.6 Å². The number of carbonyl (C=O) groups excluding carboxylic acids is 1. The Kier molecular flexibility index (Phi) is 1.95. The third kappa shape index (κ3) is 1.40. The predicted molar refractivity (Wildman–Crippen MR) is 46.8 cm³/mol. The highest BCUT2D eigenvalue weighted by molar-refractivity contribution is 5.73. The van der Waals surface area contributed by atoms with Gasteiger partial charge in [-0.2, -0.15) is 0 Å². The highest BCUT2D eigenvalue weighted by Crippen LogP contribution is 2.46. The van der Waals surface area contributed by atoms with Crippen molar-refractivity contribution in [2.75, 3.05) is 7.05 Å². The number of hydrogen-bond acceptors (Lipinski definition) is 1. The fourth-order valence-electron chi connectivity index (χ4n) is 2.03. The lowest BCUT2D eigenvalue weighted by Crippen LogP contribution is -2.50. The van der Waals surface area contributed by atoms with E-state index in [1.54, 1.807) is 7.05 Å². The fourth-order valence-corrected chi connectivity index (χ4v) is 2.03. The first-order chi connectivity index (χ1) is 5.81. The minimum atomic E-state index is -0.0228. The smallest absolute Gasteiger partial charge is 0.314 e. The van der Waals surface area contributed by atoms with Gasteiger partial charge in [0.15, 0.2) is 0 Å². The number of nitrogens with one attached hydrogen (secondary N) is 2. The number of rotatable bonds is 2. The van der Waals surface area contributed by atoms with E-state index in [4.69, 9.17) is 0 Å². The molecule has 0 aliphatic heterocycles. The maximum atomic E-state index is 11.0. The van der Waals surface area contributed by atoms with E-state index >= 15 is 0 Å². The molecule has 3 heteroatoms. The molecule has 2 amide bonds. The molecule has 3 nitrogen and oxygen atoms in total. The van der Waals surface area contributed by atoms with Crippen molar-refractivity contribution in [3.8, 4) is 0 Å². The molecule has 2 unspecified atom stereocenters. The second-order valence-electron chi connectivity index (χ2n) is 3.91. The maximum Gasteiger partial charge on any atom is 0.314 e. The first-order valence-electron chi connectivity index (χ1n) is 4.79. The largest absolute Gasteiger partial charge is 0.341 e. The van der Waals surface area contributed by atoms with Crippen LogP contribution in [0.1, 0.15) is 25.7 Å². The molecule has 0 heterocycles. The lowest BCUT2D eigenvalue weighted by molar-refractivity contribution is 0.178. The molecule has 2 saturated carbocycles. The molecule has 0 spiro atoms. The summed E-state index contributed by atoms with van der Waals surface area (Å²) in [5.74, 6) is 1.73. The number of urea groups is 1. The Morgan fingerprint density at radius 2 is 2.00 bits per heavy atom. The molecule has 0 bridgehead atoms. The zero-order chi connectivity index (χ0) is 8.55. The summed E-state index contributed by atoms with van der Waals surface area (Å²) >= 11 is 0. The number of carbonyl (C=O) groups is 1. The van der Waals surface area contributed by atoms with Gasteiger partial charge in [-0.15, -0.1) is 0 Å². The highest BCUT2D eigenvalue weighted by atomic mass is 16.2. The standard InChI is InChI=1S/C9H16N2O/c1-10-9(12)11-8-5-4-7(8)6-2-3-6/h6-8H,2-5H2,1H3,(H2,10,11,12). The zero-order valence-electron chi connectivity index (χ0n) is 7.47. The van der Waals surface area contributed by atoms with E-state index in [0.29, 0.717) is 6.04 Å². The van der Waals surface area contributed by atoms with E-state index in [2.05, 4.69) is 10.6 Å². The number of amides is 2. The van der Waals surface area contributed by atoms with E-state index < -0.39 is 0 Å². The van der Waals surface area contributed by atoms with Crippen molar-refractivity contribution in [2.45, 2.75) is 31.7 Å². The average Bonchev–Trinajstić information content (AvgIpc) is 2.81. The maximum absolute atomic E-state index is 11.0. The molecular formula is C9H16N2O. The van der Waals surface area contributed by atoms with Crippen LogP contribution in [0.25, 0.3) is 0 Å². The summed E-state index contributed by atoms with van der Waals surface area (Å²) in [6.45, 7) is 0. The van der Waals surface area contributed by atoms with Gasteiger partial charge in [-0.3, -0.25) is 0 Å².